The van der Waals surface area contributed by atoms with E-state index in [2.05, 4.69) is 11.0 Å². The Morgan fingerprint density at radius 1 is 0.969 bits per heavy atom. The largest absolute Gasteiger partial charge is 0.489 e. The summed E-state index contributed by atoms with van der Waals surface area (Å²) in [5, 5.41) is 10.6. The zero-order valence-corrected chi connectivity index (χ0v) is 19.1. The van der Waals surface area contributed by atoms with Gasteiger partial charge in [-0.15, -0.1) is 0 Å². The van der Waals surface area contributed by atoms with Crippen LogP contribution in [0.15, 0.2) is 72.8 Å². The molecule has 4 rings (SSSR count). The number of ether oxygens (including phenoxy) is 1. The molecule has 166 valence electrons. The van der Waals surface area contributed by atoms with Crippen molar-refractivity contribution in [3.05, 3.63) is 99.5 Å². The van der Waals surface area contributed by atoms with E-state index in [0.717, 1.165) is 22.4 Å². The van der Waals surface area contributed by atoms with Crippen molar-refractivity contribution in [3.8, 4) is 5.75 Å². The van der Waals surface area contributed by atoms with E-state index in [-0.39, 0.29) is 12.0 Å². The summed E-state index contributed by atoms with van der Waals surface area (Å²) in [4.78, 5) is 13.8. The first kappa shape index (κ1) is 22.7. The maximum absolute atomic E-state index is 11.5. The van der Waals surface area contributed by atoms with Crippen LogP contribution in [-0.2, 0) is 11.4 Å². The first-order chi connectivity index (χ1) is 15.5. The molecule has 0 saturated carbocycles. The molecule has 0 aliphatic carbocycles. The summed E-state index contributed by atoms with van der Waals surface area (Å²) in [6.07, 6.45) is 1.20. The van der Waals surface area contributed by atoms with Crippen LogP contribution in [0.4, 0.5) is 0 Å². The summed E-state index contributed by atoms with van der Waals surface area (Å²) in [6, 6.07) is 23.4. The van der Waals surface area contributed by atoms with Crippen LogP contribution in [0, 0.1) is 5.92 Å². The molecular formula is C26H25Cl2NO3. The maximum atomic E-state index is 11.5. The second-order valence-electron chi connectivity index (χ2n) is 8.03. The quantitative estimate of drug-likeness (QED) is 0.431. The number of piperidine rings is 1. The number of benzene rings is 3. The fraction of sp³-hybridized carbons (Fsp3) is 0.269. The Balaban J connectivity index is 1.68. The van der Waals surface area contributed by atoms with E-state index in [1.165, 1.54) is 0 Å². The van der Waals surface area contributed by atoms with Crippen molar-refractivity contribution in [2.24, 2.45) is 5.92 Å². The number of hydrogen-bond donors (Lipinski definition) is 1. The number of halogens is 2. The lowest BCUT2D eigenvalue weighted by molar-refractivity contribution is -0.143. The van der Waals surface area contributed by atoms with E-state index in [9.17, 15) is 9.90 Å². The molecular weight excluding hydrogens is 445 g/mol. The molecule has 0 bridgehead atoms. The van der Waals surface area contributed by atoms with Crippen molar-refractivity contribution >= 4 is 29.2 Å². The number of rotatable bonds is 7. The van der Waals surface area contributed by atoms with Gasteiger partial charge in [-0.25, -0.2) is 0 Å². The van der Waals surface area contributed by atoms with Gasteiger partial charge < -0.3 is 9.84 Å². The van der Waals surface area contributed by atoms with Crippen molar-refractivity contribution < 1.29 is 14.6 Å². The van der Waals surface area contributed by atoms with Crippen molar-refractivity contribution in [3.63, 3.8) is 0 Å². The predicted molar refractivity (Wildman–Crippen MR) is 127 cm³/mol. The van der Waals surface area contributed by atoms with Crippen molar-refractivity contribution in [1.82, 2.24) is 4.90 Å². The first-order valence-corrected chi connectivity index (χ1v) is 11.5. The molecule has 3 aromatic rings. The summed E-state index contributed by atoms with van der Waals surface area (Å²) in [7, 11) is 0. The highest BCUT2D eigenvalue weighted by molar-refractivity contribution is 6.35. The Labute approximate surface area is 198 Å². The smallest absolute Gasteiger partial charge is 0.306 e. The highest BCUT2D eigenvalue weighted by atomic mass is 35.5. The van der Waals surface area contributed by atoms with Crippen molar-refractivity contribution in [2.45, 2.75) is 25.5 Å². The van der Waals surface area contributed by atoms with Crippen LogP contribution in [0.3, 0.4) is 0 Å². The summed E-state index contributed by atoms with van der Waals surface area (Å²) >= 11 is 12.8. The van der Waals surface area contributed by atoms with Gasteiger partial charge in [-0.1, -0.05) is 77.8 Å². The lowest BCUT2D eigenvalue weighted by atomic mass is 9.91. The van der Waals surface area contributed by atoms with Gasteiger partial charge in [0.1, 0.15) is 12.4 Å². The molecule has 3 aromatic carbocycles. The monoisotopic (exact) mass is 469 g/mol. The van der Waals surface area contributed by atoms with E-state index in [0.29, 0.717) is 42.6 Å². The molecule has 1 aliphatic rings. The van der Waals surface area contributed by atoms with Crippen molar-refractivity contribution in [2.75, 3.05) is 13.1 Å². The fourth-order valence-corrected chi connectivity index (χ4v) is 4.77. The Hall–Kier alpha value is -2.53. The van der Waals surface area contributed by atoms with Crippen LogP contribution in [0.2, 0.25) is 10.0 Å². The number of nitrogens with zero attached hydrogens (tertiary/aromatic N) is 1. The van der Waals surface area contributed by atoms with Crippen LogP contribution < -0.4 is 4.74 Å². The SMILES string of the molecule is O=C(O)C1CCN(C(c2ccc(Cl)cc2Cl)c2ccccc2OCc2ccccc2)CC1. The number of aliphatic carboxylic acids is 1. The van der Waals surface area contributed by atoms with Gasteiger partial charge in [0.15, 0.2) is 0 Å². The molecule has 0 amide bonds. The lowest BCUT2D eigenvalue weighted by Crippen LogP contribution is -2.39. The number of carboxylic acid groups (broad SMARTS) is 1. The second kappa shape index (κ2) is 10.4. The highest BCUT2D eigenvalue weighted by Crippen LogP contribution is 2.40. The molecule has 6 heteroatoms. The Bertz CT molecular complexity index is 1070. The van der Waals surface area contributed by atoms with Crippen LogP contribution >= 0.6 is 23.2 Å². The topological polar surface area (TPSA) is 49.8 Å². The Morgan fingerprint density at radius 2 is 1.66 bits per heavy atom. The first-order valence-electron chi connectivity index (χ1n) is 10.7. The van der Waals surface area contributed by atoms with Gasteiger partial charge in [0.05, 0.1) is 12.0 Å². The predicted octanol–water partition coefficient (Wildman–Crippen LogP) is 6.46. The van der Waals surface area contributed by atoms with Crippen LogP contribution in [-0.4, -0.2) is 29.1 Å². The maximum Gasteiger partial charge on any atom is 0.306 e. The standard InChI is InChI=1S/C26H25Cl2NO3/c27-20-10-11-21(23(28)16-20)25(29-14-12-19(13-15-29)26(30)31)22-8-4-5-9-24(22)32-17-18-6-2-1-3-7-18/h1-11,16,19,25H,12-15,17H2,(H,30,31). The summed E-state index contributed by atoms with van der Waals surface area (Å²) in [5.41, 5.74) is 3.02. The molecule has 0 aromatic heterocycles. The van der Waals surface area contributed by atoms with Gasteiger partial charge in [0.2, 0.25) is 0 Å². The van der Waals surface area contributed by atoms with Crippen LogP contribution in [0.5, 0.6) is 5.75 Å². The minimum atomic E-state index is -0.725. The lowest BCUT2D eigenvalue weighted by Gasteiger charge is -2.38. The second-order valence-corrected chi connectivity index (χ2v) is 8.87. The number of likely N-dealkylation sites (tertiary alicyclic amines) is 1. The Morgan fingerprint density at radius 3 is 2.34 bits per heavy atom. The molecule has 0 spiro atoms. The van der Waals surface area contributed by atoms with Gasteiger partial charge in [0.25, 0.3) is 0 Å². The van der Waals surface area contributed by atoms with Gasteiger partial charge in [-0.2, -0.15) is 0 Å². The zero-order valence-electron chi connectivity index (χ0n) is 17.6. The molecule has 1 saturated heterocycles. The van der Waals surface area contributed by atoms with Gasteiger partial charge in [-0.05, 0) is 55.3 Å². The van der Waals surface area contributed by atoms with Gasteiger partial charge >= 0.3 is 5.97 Å². The van der Waals surface area contributed by atoms with Gasteiger partial charge in [-0.3, -0.25) is 9.69 Å². The molecule has 1 heterocycles. The number of carboxylic acids is 1. The van der Waals surface area contributed by atoms with E-state index < -0.39 is 5.97 Å². The summed E-state index contributed by atoms with van der Waals surface area (Å²) < 4.78 is 6.25. The van der Waals surface area contributed by atoms with E-state index in [1.54, 1.807) is 6.07 Å². The average Bonchev–Trinajstić information content (AvgIpc) is 2.81. The van der Waals surface area contributed by atoms with E-state index >= 15 is 0 Å². The normalized spacial score (nSPS) is 15.9. The number of para-hydroxylation sites is 1. The van der Waals surface area contributed by atoms with Gasteiger partial charge in [0, 0.05) is 15.6 Å². The molecule has 1 atom stereocenters. The summed E-state index contributed by atoms with van der Waals surface area (Å²) in [5.74, 6) is -0.248. The number of hydrogen-bond acceptors (Lipinski definition) is 3. The molecule has 1 fully saturated rings. The molecule has 1 N–H and O–H groups in total. The molecule has 1 aliphatic heterocycles. The minimum absolute atomic E-state index is 0.165. The fourth-order valence-electron chi connectivity index (χ4n) is 4.26. The van der Waals surface area contributed by atoms with Crippen molar-refractivity contribution in [1.29, 1.82) is 0 Å². The van der Waals surface area contributed by atoms with Crippen LogP contribution in [0.25, 0.3) is 0 Å². The van der Waals surface area contributed by atoms with Crippen LogP contribution in [0.1, 0.15) is 35.6 Å². The third-order valence-corrected chi connectivity index (χ3v) is 6.51. The average molecular weight is 470 g/mol. The highest BCUT2D eigenvalue weighted by Gasteiger charge is 2.32. The third-order valence-electron chi connectivity index (χ3n) is 5.95. The molecule has 0 radical (unpaired) electrons. The van der Waals surface area contributed by atoms with E-state index in [1.807, 2.05) is 60.7 Å². The molecule has 1 unspecified atom stereocenters. The summed E-state index contributed by atoms with van der Waals surface area (Å²) in [6.45, 7) is 1.78. The minimum Gasteiger partial charge on any atom is -0.489 e. The molecule has 32 heavy (non-hydrogen) atoms. The molecule has 4 nitrogen and oxygen atoms in total. The Kier molecular flexibility index (Phi) is 7.36. The third kappa shape index (κ3) is 5.26. The zero-order chi connectivity index (χ0) is 22.5. The number of carbonyl (C=O) groups is 1. The van der Waals surface area contributed by atoms with E-state index in [4.69, 9.17) is 27.9 Å².